The van der Waals surface area contributed by atoms with Gasteiger partial charge in [0.05, 0.1) is 19.2 Å². The Morgan fingerprint density at radius 3 is 2.85 bits per heavy atom. The first-order valence-electron chi connectivity index (χ1n) is 9.10. The maximum absolute atomic E-state index is 13.0. The van der Waals surface area contributed by atoms with Gasteiger partial charge in [-0.2, -0.15) is 0 Å². The number of hydrogen-bond acceptors (Lipinski definition) is 6. The van der Waals surface area contributed by atoms with Gasteiger partial charge in [-0.25, -0.2) is 0 Å². The van der Waals surface area contributed by atoms with E-state index >= 15 is 0 Å². The number of phenolic OH excluding ortho intramolecular Hbond substituents is 1. The summed E-state index contributed by atoms with van der Waals surface area (Å²) in [6.07, 6.45) is 1.85. The number of ether oxygens (including phenoxy) is 1. The van der Waals surface area contributed by atoms with E-state index in [0.29, 0.717) is 18.8 Å². The predicted octanol–water partition coefficient (Wildman–Crippen LogP) is 1.61. The Kier molecular flexibility index (Phi) is 5.65. The van der Waals surface area contributed by atoms with Gasteiger partial charge in [0.2, 0.25) is 0 Å². The van der Waals surface area contributed by atoms with Crippen LogP contribution in [-0.4, -0.2) is 69.9 Å². The van der Waals surface area contributed by atoms with Crippen molar-refractivity contribution in [3.63, 3.8) is 0 Å². The highest BCUT2D eigenvalue weighted by Gasteiger charge is 2.30. The molecule has 1 fully saturated rings. The monoisotopic (exact) mass is 373 g/mol. The number of aromatic nitrogens is 3. The van der Waals surface area contributed by atoms with Crippen molar-refractivity contribution in [3.8, 4) is 11.5 Å². The number of carbonyl (C=O) groups excluding carboxylic acids is 1. The Hall–Kier alpha value is -2.61. The van der Waals surface area contributed by atoms with Gasteiger partial charge in [0, 0.05) is 26.1 Å². The van der Waals surface area contributed by atoms with Crippen molar-refractivity contribution in [2.75, 3.05) is 34.3 Å². The number of piperidine rings is 1. The molecule has 3 rings (SSSR count). The van der Waals surface area contributed by atoms with E-state index in [1.54, 1.807) is 23.1 Å². The van der Waals surface area contributed by atoms with Gasteiger partial charge in [-0.3, -0.25) is 4.79 Å². The molecular formula is C19H27N5O3. The smallest absolute Gasteiger partial charge is 0.257 e. The zero-order chi connectivity index (χ0) is 19.6. The maximum atomic E-state index is 13.0. The molecule has 1 unspecified atom stereocenters. The Morgan fingerprint density at radius 2 is 2.15 bits per heavy atom. The summed E-state index contributed by atoms with van der Waals surface area (Å²) in [6.45, 7) is 1.94. The number of methoxy groups -OCH3 is 1. The average molecular weight is 373 g/mol. The van der Waals surface area contributed by atoms with Crippen molar-refractivity contribution in [2.45, 2.75) is 25.3 Å². The number of likely N-dealkylation sites (tertiary alicyclic amines) is 1. The first kappa shape index (κ1) is 19.2. The largest absolute Gasteiger partial charge is 0.504 e. The lowest BCUT2D eigenvalue weighted by atomic mass is 9.96. The van der Waals surface area contributed by atoms with Crippen LogP contribution in [0.2, 0.25) is 0 Å². The van der Waals surface area contributed by atoms with Gasteiger partial charge in [0.25, 0.3) is 5.91 Å². The molecule has 27 heavy (non-hydrogen) atoms. The lowest BCUT2D eigenvalue weighted by molar-refractivity contribution is 0.0699. The molecule has 1 aromatic carbocycles. The van der Waals surface area contributed by atoms with Crippen LogP contribution in [0.3, 0.4) is 0 Å². The van der Waals surface area contributed by atoms with Crippen LogP contribution in [0, 0.1) is 0 Å². The van der Waals surface area contributed by atoms with Gasteiger partial charge in [0.1, 0.15) is 11.6 Å². The molecule has 146 valence electrons. The molecule has 1 atom stereocenters. The highest BCUT2D eigenvalue weighted by molar-refractivity contribution is 5.97. The van der Waals surface area contributed by atoms with Crippen LogP contribution in [0.1, 0.15) is 40.8 Å². The second-order valence-electron chi connectivity index (χ2n) is 7.22. The van der Waals surface area contributed by atoms with Crippen molar-refractivity contribution in [3.05, 3.63) is 35.4 Å². The quantitative estimate of drug-likeness (QED) is 0.857. The fourth-order valence-electron chi connectivity index (χ4n) is 3.55. The molecule has 0 bridgehead atoms. The van der Waals surface area contributed by atoms with Crippen LogP contribution in [0.5, 0.6) is 11.5 Å². The van der Waals surface area contributed by atoms with Crippen molar-refractivity contribution < 1.29 is 14.6 Å². The molecule has 1 amide bonds. The first-order chi connectivity index (χ1) is 12.9. The third-order valence-electron chi connectivity index (χ3n) is 4.98. The minimum absolute atomic E-state index is 0.112. The summed E-state index contributed by atoms with van der Waals surface area (Å²) in [5.74, 6) is 1.94. The van der Waals surface area contributed by atoms with Crippen LogP contribution in [0.25, 0.3) is 0 Å². The average Bonchev–Trinajstić information content (AvgIpc) is 3.01. The van der Waals surface area contributed by atoms with E-state index in [9.17, 15) is 9.90 Å². The fourth-order valence-corrected chi connectivity index (χ4v) is 3.55. The number of amides is 1. The SMILES string of the molecule is COc1cccc(C(=O)N2CCCC(c3nnc(CN(C)C)n3C)C2)c1O. The number of hydrogen-bond donors (Lipinski definition) is 1. The molecule has 1 aliphatic rings. The molecule has 1 aromatic heterocycles. The Labute approximate surface area is 159 Å². The number of phenols is 1. The van der Waals surface area contributed by atoms with E-state index in [0.717, 1.165) is 31.0 Å². The summed E-state index contributed by atoms with van der Waals surface area (Å²) in [4.78, 5) is 16.8. The lowest BCUT2D eigenvalue weighted by Gasteiger charge is -2.32. The summed E-state index contributed by atoms with van der Waals surface area (Å²) in [7, 11) is 7.44. The Bertz CT molecular complexity index is 818. The van der Waals surface area contributed by atoms with Crippen LogP contribution >= 0.6 is 0 Å². The molecule has 0 radical (unpaired) electrons. The van der Waals surface area contributed by atoms with Crippen molar-refractivity contribution in [1.29, 1.82) is 0 Å². The zero-order valence-corrected chi connectivity index (χ0v) is 16.3. The Balaban J connectivity index is 1.79. The van der Waals surface area contributed by atoms with E-state index in [2.05, 4.69) is 15.1 Å². The molecule has 0 aliphatic carbocycles. The van der Waals surface area contributed by atoms with Crippen molar-refractivity contribution >= 4 is 5.91 Å². The minimum Gasteiger partial charge on any atom is -0.504 e. The number of benzene rings is 1. The molecule has 0 spiro atoms. The third kappa shape index (κ3) is 3.90. The molecule has 1 saturated heterocycles. The summed E-state index contributed by atoms with van der Waals surface area (Å²) in [5.41, 5.74) is 0.265. The van der Waals surface area contributed by atoms with Crippen molar-refractivity contribution in [1.82, 2.24) is 24.6 Å². The van der Waals surface area contributed by atoms with Crippen LogP contribution in [-0.2, 0) is 13.6 Å². The number of aromatic hydroxyl groups is 1. The van der Waals surface area contributed by atoms with Crippen LogP contribution < -0.4 is 4.74 Å². The topological polar surface area (TPSA) is 83.7 Å². The highest BCUT2D eigenvalue weighted by Crippen LogP contribution is 2.32. The van der Waals surface area contributed by atoms with Crippen LogP contribution in [0.15, 0.2) is 18.2 Å². The summed E-state index contributed by atoms with van der Waals surface area (Å²) in [6, 6.07) is 4.97. The van der Waals surface area contributed by atoms with E-state index in [1.807, 2.05) is 25.7 Å². The molecule has 2 heterocycles. The zero-order valence-electron chi connectivity index (χ0n) is 16.3. The number of carbonyl (C=O) groups is 1. The lowest BCUT2D eigenvalue weighted by Crippen LogP contribution is -2.39. The first-order valence-corrected chi connectivity index (χ1v) is 9.10. The van der Waals surface area contributed by atoms with Gasteiger partial charge in [0.15, 0.2) is 11.5 Å². The predicted molar refractivity (Wildman–Crippen MR) is 101 cm³/mol. The molecule has 0 saturated carbocycles. The Morgan fingerprint density at radius 1 is 1.37 bits per heavy atom. The van der Waals surface area contributed by atoms with E-state index < -0.39 is 0 Å². The van der Waals surface area contributed by atoms with Crippen molar-refractivity contribution in [2.24, 2.45) is 7.05 Å². The standard InChI is InChI=1S/C19H27N5O3/c1-22(2)12-16-20-21-18(23(16)3)13-7-6-10-24(11-13)19(26)14-8-5-9-15(27-4)17(14)25/h5,8-9,13,25H,6-7,10-12H2,1-4H3. The van der Waals surface area contributed by atoms with E-state index in [1.165, 1.54) is 7.11 Å². The third-order valence-corrected chi connectivity index (χ3v) is 4.98. The molecular weight excluding hydrogens is 346 g/mol. The summed E-state index contributed by atoms with van der Waals surface area (Å²) in [5, 5.41) is 19.0. The summed E-state index contributed by atoms with van der Waals surface area (Å²) < 4.78 is 7.15. The molecule has 8 heteroatoms. The second-order valence-corrected chi connectivity index (χ2v) is 7.22. The van der Waals surface area contributed by atoms with Crippen LogP contribution in [0.4, 0.5) is 0 Å². The van der Waals surface area contributed by atoms with Gasteiger partial charge in [-0.05, 0) is 39.1 Å². The van der Waals surface area contributed by atoms with E-state index in [4.69, 9.17) is 4.74 Å². The van der Waals surface area contributed by atoms with Gasteiger partial charge in [-0.15, -0.1) is 10.2 Å². The number of nitrogens with zero attached hydrogens (tertiary/aromatic N) is 5. The molecule has 2 aromatic rings. The molecule has 1 aliphatic heterocycles. The minimum atomic E-state index is -0.188. The second kappa shape index (κ2) is 7.96. The number of rotatable bonds is 5. The summed E-state index contributed by atoms with van der Waals surface area (Å²) >= 11 is 0. The number of para-hydroxylation sites is 1. The molecule has 1 N–H and O–H groups in total. The van der Waals surface area contributed by atoms with Gasteiger partial charge in [-0.1, -0.05) is 6.07 Å². The maximum Gasteiger partial charge on any atom is 0.257 e. The highest BCUT2D eigenvalue weighted by atomic mass is 16.5. The molecule has 8 nitrogen and oxygen atoms in total. The van der Waals surface area contributed by atoms with E-state index in [-0.39, 0.29) is 23.1 Å². The fraction of sp³-hybridized carbons (Fsp3) is 0.526. The normalized spacial score (nSPS) is 17.4. The van der Waals surface area contributed by atoms with Gasteiger partial charge >= 0.3 is 0 Å². The van der Waals surface area contributed by atoms with Gasteiger partial charge < -0.3 is 24.2 Å².